The van der Waals surface area contributed by atoms with Gasteiger partial charge >= 0.3 is 0 Å². The molecule has 0 aromatic heterocycles. The van der Waals surface area contributed by atoms with E-state index in [1.807, 2.05) is 55.5 Å². The fourth-order valence-electron chi connectivity index (χ4n) is 3.34. The first-order valence-electron chi connectivity index (χ1n) is 8.90. The van der Waals surface area contributed by atoms with Gasteiger partial charge in [-0.3, -0.25) is 0 Å². The summed E-state index contributed by atoms with van der Waals surface area (Å²) in [6.07, 6.45) is 0. The number of hydrogen-bond donors (Lipinski definition) is 0. The Hall–Kier alpha value is -2.08. The zero-order valence-corrected chi connectivity index (χ0v) is 16.7. The number of thioether (sulfide) groups is 1. The Bertz CT molecular complexity index is 1030. The molecular weight excluding hydrogens is 374 g/mol. The molecule has 3 nitrogen and oxygen atoms in total. The van der Waals surface area contributed by atoms with Crippen LogP contribution in [0.25, 0.3) is 0 Å². The largest absolute Gasteiger partial charge is 0.243 e. The highest BCUT2D eigenvalue weighted by Gasteiger charge is 2.33. The summed E-state index contributed by atoms with van der Waals surface area (Å²) in [6.45, 7) is 2.84. The van der Waals surface area contributed by atoms with E-state index in [2.05, 4.69) is 18.2 Å². The lowest BCUT2D eigenvalue weighted by atomic mass is 10.0. The second-order valence-corrected chi connectivity index (χ2v) is 9.94. The minimum atomic E-state index is -3.53. The highest BCUT2D eigenvalue weighted by molar-refractivity contribution is 7.99. The van der Waals surface area contributed by atoms with Gasteiger partial charge < -0.3 is 0 Å². The summed E-state index contributed by atoms with van der Waals surface area (Å²) in [6, 6.07) is 25.4. The van der Waals surface area contributed by atoms with Crippen LogP contribution in [-0.2, 0) is 16.6 Å². The van der Waals surface area contributed by atoms with Gasteiger partial charge in [0.25, 0.3) is 0 Å². The number of aryl methyl sites for hydroxylation is 1. The smallest absolute Gasteiger partial charge is 0.207 e. The molecule has 0 aliphatic carbocycles. The number of sulfonamides is 1. The lowest BCUT2D eigenvalue weighted by molar-refractivity contribution is 0.388. The number of hydrogen-bond acceptors (Lipinski definition) is 3. The first kappa shape index (κ1) is 18.3. The summed E-state index contributed by atoms with van der Waals surface area (Å²) in [7, 11) is -3.53. The van der Waals surface area contributed by atoms with Crippen molar-refractivity contribution in [2.75, 3.05) is 6.54 Å². The fourth-order valence-corrected chi connectivity index (χ4v) is 6.12. The third-order valence-electron chi connectivity index (χ3n) is 4.80. The molecule has 0 radical (unpaired) electrons. The summed E-state index contributed by atoms with van der Waals surface area (Å²) >= 11 is 1.72. The van der Waals surface area contributed by atoms with Gasteiger partial charge in [0.15, 0.2) is 0 Å². The molecule has 3 aromatic carbocycles. The van der Waals surface area contributed by atoms with Crippen molar-refractivity contribution in [3.8, 4) is 0 Å². The van der Waals surface area contributed by atoms with E-state index in [0.29, 0.717) is 18.0 Å². The van der Waals surface area contributed by atoms with Crippen LogP contribution in [-0.4, -0.2) is 19.3 Å². The summed E-state index contributed by atoms with van der Waals surface area (Å²) < 4.78 is 28.1. The molecule has 0 bridgehead atoms. The van der Waals surface area contributed by atoms with E-state index in [4.69, 9.17) is 0 Å². The van der Waals surface area contributed by atoms with E-state index in [1.54, 1.807) is 28.2 Å². The number of benzene rings is 3. The topological polar surface area (TPSA) is 37.4 Å². The van der Waals surface area contributed by atoms with Gasteiger partial charge in [-0.05, 0) is 42.3 Å². The number of nitrogens with zero attached hydrogens (tertiary/aromatic N) is 1. The lowest BCUT2D eigenvalue weighted by Gasteiger charge is -2.33. The van der Waals surface area contributed by atoms with E-state index in [0.717, 1.165) is 16.0 Å². The zero-order chi connectivity index (χ0) is 18.9. The van der Waals surface area contributed by atoms with Gasteiger partial charge in [0.05, 0.1) is 4.90 Å². The van der Waals surface area contributed by atoms with Gasteiger partial charge in [-0.2, -0.15) is 4.31 Å². The van der Waals surface area contributed by atoms with Crippen molar-refractivity contribution < 1.29 is 8.42 Å². The first-order valence-corrected chi connectivity index (χ1v) is 11.2. The molecule has 1 aliphatic heterocycles. The van der Waals surface area contributed by atoms with Crippen LogP contribution in [0.3, 0.4) is 0 Å². The number of fused-ring (bicyclic) bond motifs is 1. The summed E-state index contributed by atoms with van der Waals surface area (Å²) in [5.74, 6) is 0. The van der Waals surface area contributed by atoms with E-state index in [1.165, 1.54) is 5.56 Å². The van der Waals surface area contributed by atoms with Crippen molar-refractivity contribution in [3.63, 3.8) is 0 Å². The summed E-state index contributed by atoms with van der Waals surface area (Å²) in [4.78, 5) is 1.50. The van der Waals surface area contributed by atoms with Crippen LogP contribution in [0.2, 0.25) is 0 Å². The number of rotatable bonds is 4. The van der Waals surface area contributed by atoms with Gasteiger partial charge in [0, 0.05) is 23.2 Å². The van der Waals surface area contributed by atoms with Crippen LogP contribution in [0.5, 0.6) is 0 Å². The van der Waals surface area contributed by atoms with E-state index >= 15 is 0 Å². The molecule has 1 heterocycles. The summed E-state index contributed by atoms with van der Waals surface area (Å²) in [5, 5.41) is 0.0672. The molecule has 0 saturated carbocycles. The highest BCUT2D eigenvalue weighted by atomic mass is 32.2. The highest BCUT2D eigenvalue weighted by Crippen LogP contribution is 2.41. The molecule has 0 fully saturated rings. The van der Waals surface area contributed by atoms with Crippen LogP contribution in [0.15, 0.2) is 88.7 Å². The molecule has 0 amide bonds. The van der Waals surface area contributed by atoms with Crippen molar-refractivity contribution in [1.82, 2.24) is 4.31 Å². The SMILES string of the molecule is Cc1ccc(S(=O)(=O)N2Cc3ccccc3C(Sc3ccccc3)C2)cc1. The van der Waals surface area contributed by atoms with Crippen molar-refractivity contribution in [3.05, 3.63) is 95.6 Å². The van der Waals surface area contributed by atoms with E-state index in [-0.39, 0.29) is 5.25 Å². The minimum absolute atomic E-state index is 0.0672. The molecular formula is C22H21NO2S2. The Morgan fingerprint density at radius 1 is 0.889 bits per heavy atom. The Balaban J connectivity index is 1.69. The Kier molecular flexibility index (Phi) is 5.08. The second-order valence-electron chi connectivity index (χ2n) is 6.73. The van der Waals surface area contributed by atoms with Crippen LogP contribution in [0, 0.1) is 6.92 Å². The van der Waals surface area contributed by atoms with Gasteiger partial charge in [-0.1, -0.05) is 60.2 Å². The summed E-state index contributed by atoms with van der Waals surface area (Å²) in [5.41, 5.74) is 3.35. The molecule has 27 heavy (non-hydrogen) atoms. The molecule has 4 rings (SSSR count). The van der Waals surface area contributed by atoms with Crippen molar-refractivity contribution >= 4 is 21.8 Å². The van der Waals surface area contributed by atoms with Gasteiger partial charge in [0.1, 0.15) is 0 Å². The van der Waals surface area contributed by atoms with E-state index in [9.17, 15) is 8.42 Å². The molecule has 3 aromatic rings. The average molecular weight is 396 g/mol. The lowest BCUT2D eigenvalue weighted by Crippen LogP contribution is -2.37. The third kappa shape index (κ3) is 3.81. The molecule has 0 saturated heterocycles. The Morgan fingerprint density at radius 3 is 2.30 bits per heavy atom. The second kappa shape index (κ2) is 7.50. The maximum absolute atomic E-state index is 13.2. The van der Waals surface area contributed by atoms with Crippen molar-refractivity contribution in [1.29, 1.82) is 0 Å². The Labute approximate surface area is 165 Å². The molecule has 5 heteroatoms. The predicted octanol–water partition coefficient (Wildman–Crippen LogP) is 5.03. The molecule has 1 aliphatic rings. The first-order chi connectivity index (χ1) is 13.0. The maximum Gasteiger partial charge on any atom is 0.243 e. The molecule has 0 spiro atoms. The fraction of sp³-hybridized carbons (Fsp3) is 0.182. The van der Waals surface area contributed by atoms with E-state index < -0.39 is 10.0 Å². The zero-order valence-electron chi connectivity index (χ0n) is 15.1. The van der Waals surface area contributed by atoms with Gasteiger partial charge in [0.2, 0.25) is 10.0 Å². The molecule has 0 N–H and O–H groups in total. The van der Waals surface area contributed by atoms with Gasteiger partial charge in [-0.25, -0.2) is 8.42 Å². The maximum atomic E-state index is 13.2. The predicted molar refractivity (Wildman–Crippen MR) is 110 cm³/mol. The van der Waals surface area contributed by atoms with Crippen LogP contribution >= 0.6 is 11.8 Å². The quantitative estimate of drug-likeness (QED) is 0.621. The molecule has 1 unspecified atom stereocenters. The molecule has 138 valence electrons. The van der Waals surface area contributed by atoms with Crippen LogP contribution in [0.4, 0.5) is 0 Å². The third-order valence-corrected chi connectivity index (χ3v) is 7.86. The average Bonchev–Trinajstić information content (AvgIpc) is 2.69. The van der Waals surface area contributed by atoms with Crippen LogP contribution in [0.1, 0.15) is 21.9 Å². The monoisotopic (exact) mass is 395 g/mol. The van der Waals surface area contributed by atoms with Crippen molar-refractivity contribution in [2.24, 2.45) is 0 Å². The van der Waals surface area contributed by atoms with Crippen molar-refractivity contribution in [2.45, 2.75) is 28.5 Å². The van der Waals surface area contributed by atoms with Gasteiger partial charge in [-0.15, -0.1) is 11.8 Å². The standard InChI is InChI=1S/C22H21NO2S2/c1-17-11-13-20(14-12-17)27(24,25)23-15-18-7-5-6-10-21(18)22(16-23)26-19-8-3-2-4-9-19/h2-14,22H,15-16H2,1H3. The van der Waals surface area contributed by atoms with Crippen LogP contribution < -0.4 is 0 Å². The normalized spacial score (nSPS) is 17.4. The minimum Gasteiger partial charge on any atom is -0.207 e. The molecule has 1 atom stereocenters. The Morgan fingerprint density at radius 2 is 1.56 bits per heavy atom.